The van der Waals surface area contributed by atoms with E-state index in [-0.39, 0.29) is 12.5 Å². The van der Waals surface area contributed by atoms with Crippen molar-refractivity contribution in [1.29, 1.82) is 0 Å². The topological polar surface area (TPSA) is 88.7 Å². The highest BCUT2D eigenvalue weighted by Gasteiger charge is 2.06. The maximum atomic E-state index is 11.7. The molecule has 26 heavy (non-hydrogen) atoms. The highest BCUT2D eigenvalue weighted by atomic mass is 16.5. The number of urea groups is 1. The lowest BCUT2D eigenvalue weighted by molar-refractivity contribution is -0.120. The predicted octanol–water partition coefficient (Wildman–Crippen LogP) is 1.69. The molecule has 3 amide bonds. The predicted molar refractivity (Wildman–Crippen MR) is 98.2 cm³/mol. The van der Waals surface area contributed by atoms with Gasteiger partial charge in [-0.3, -0.25) is 4.79 Å². The summed E-state index contributed by atoms with van der Waals surface area (Å²) < 4.78 is 10.7. The van der Waals surface area contributed by atoms with E-state index >= 15 is 0 Å². The van der Waals surface area contributed by atoms with Gasteiger partial charge in [0.15, 0.2) is 11.5 Å². The van der Waals surface area contributed by atoms with Crippen LogP contribution in [0.15, 0.2) is 54.6 Å². The number of nitrogens with one attached hydrogen (secondary N) is 3. The fourth-order valence-corrected chi connectivity index (χ4v) is 2.15. The fraction of sp³-hybridized carbons (Fsp3) is 0.263. The molecule has 7 heteroatoms. The molecule has 2 rings (SSSR count). The average Bonchev–Trinajstić information content (AvgIpc) is 2.69. The van der Waals surface area contributed by atoms with Crippen molar-refractivity contribution < 1.29 is 19.1 Å². The van der Waals surface area contributed by atoms with Gasteiger partial charge in [-0.2, -0.15) is 0 Å². The fourth-order valence-electron chi connectivity index (χ4n) is 2.15. The summed E-state index contributed by atoms with van der Waals surface area (Å²) >= 11 is 0. The van der Waals surface area contributed by atoms with Gasteiger partial charge in [0.1, 0.15) is 6.61 Å². The molecular weight excluding hydrogens is 334 g/mol. The third-order valence-corrected chi connectivity index (χ3v) is 3.46. The van der Waals surface area contributed by atoms with Crippen LogP contribution < -0.4 is 25.4 Å². The number of methoxy groups -OCH3 is 1. The van der Waals surface area contributed by atoms with Crippen molar-refractivity contribution in [3.63, 3.8) is 0 Å². The lowest BCUT2D eigenvalue weighted by Crippen LogP contribution is -2.42. The summed E-state index contributed by atoms with van der Waals surface area (Å²) in [4.78, 5) is 23.4. The number of ether oxygens (including phenoxy) is 2. The molecular formula is C19H23N3O4. The molecule has 0 aliphatic heterocycles. The van der Waals surface area contributed by atoms with Crippen molar-refractivity contribution in [2.75, 3.05) is 26.8 Å². The van der Waals surface area contributed by atoms with Crippen molar-refractivity contribution >= 4 is 11.9 Å². The van der Waals surface area contributed by atoms with Gasteiger partial charge in [0.05, 0.1) is 20.2 Å². The Hall–Kier alpha value is -3.22. The third-order valence-electron chi connectivity index (χ3n) is 3.46. The number of hydrogen-bond donors (Lipinski definition) is 3. The van der Waals surface area contributed by atoms with Gasteiger partial charge in [0, 0.05) is 6.54 Å². The molecule has 2 aromatic carbocycles. The highest BCUT2D eigenvalue weighted by Crippen LogP contribution is 2.25. The van der Waals surface area contributed by atoms with Gasteiger partial charge in [-0.25, -0.2) is 4.79 Å². The molecule has 3 N–H and O–H groups in total. The number of hydrogen-bond acceptors (Lipinski definition) is 4. The largest absolute Gasteiger partial charge is 0.493 e. The zero-order valence-electron chi connectivity index (χ0n) is 14.7. The van der Waals surface area contributed by atoms with E-state index < -0.39 is 6.03 Å². The highest BCUT2D eigenvalue weighted by molar-refractivity contribution is 5.83. The number of benzene rings is 2. The van der Waals surface area contributed by atoms with Crippen LogP contribution in [0.3, 0.4) is 0 Å². The van der Waals surface area contributed by atoms with Crippen LogP contribution >= 0.6 is 0 Å². The molecule has 2 aromatic rings. The molecule has 0 bridgehead atoms. The number of amides is 3. The Kier molecular flexibility index (Phi) is 7.79. The first-order chi connectivity index (χ1) is 12.7. The Balaban J connectivity index is 1.58. The third kappa shape index (κ3) is 6.72. The molecule has 0 atom stereocenters. The summed E-state index contributed by atoms with van der Waals surface area (Å²) in [6.45, 7) is 0.923. The number of para-hydroxylation sites is 2. The van der Waals surface area contributed by atoms with Crippen molar-refractivity contribution in [3.05, 3.63) is 60.2 Å². The maximum Gasteiger partial charge on any atom is 0.315 e. The van der Waals surface area contributed by atoms with E-state index in [0.29, 0.717) is 31.2 Å². The first-order valence-electron chi connectivity index (χ1n) is 8.27. The van der Waals surface area contributed by atoms with Crippen LogP contribution in [-0.4, -0.2) is 38.7 Å². The van der Waals surface area contributed by atoms with E-state index in [1.165, 1.54) is 0 Å². The monoisotopic (exact) mass is 357 g/mol. The van der Waals surface area contributed by atoms with E-state index in [0.717, 1.165) is 5.56 Å². The normalized spacial score (nSPS) is 9.88. The molecule has 0 saturated carbocycles. The summed E-state index contributed by atoms with van der Waals surface area (Å²) in [5.41, 5.74) is 0.987. The first kappa shape index (κ1) is 19.1. The second kappa shape index (κ2) is 10.6. The Bertz CT molecular complexity index is 707. The quantitative estimate of drug-likeness (QED) is 0.596. The molecule has 0 unspecified atom stereocenters. The Morgan fingerprint density at radius 2 is 1.58 bits per heavy atom. The van der Waals surface area contributed by atoms with Gasteiger partial charge in [-0.05, 0) is 17.7 Å². The van der Waals surface area contributed by atoms with E-state index in [2.05, 4.69) is 16.0 Å². The smallest absolute Gasteiger partial charge is 0.315 e. The van der Waals surface area contributed by atoms with Crippen LogP contribution in [-0.2, 0) is 11.3 Å². The molecule has 0 aliphatic rings. The van der Waals surface area contributed by atoms with Crippen molar-refractivity contribution in [2.24, 2.45) is 0 Å². The van der Waals surface area contributed by atoms with E-state index in [9.17, 15) is 9.59 Å². The minimum absolute atomic E-state index is 0.102. The number of carbonyl (C=O) groups excluding carboxylic acids is 2. The van der Waals surface area contributed by atoms with E-state index in [1.807, 2.05) is 42.5 Å². The van der Waals surface area contributed by atoms with Crippen molar-refractivity contribution in [3.8, 4) is 11.5 Å². The van der Waals surface area contributed by atoms with Gasteiger partial charge in [-0.1, -0.05) is 42.5 Å². The summed E-state index contributed by atoms with van der Waals surface area (Å²) in [5.74, 6) is 0.960. The molecule has 0 aliphatic carbocycles. The van der Waals surface area contributed by atoms with Crippen molar-refractivity contribution in [2.45, 2.75) is 6.54 Å². The molecule has 0 aromatic heterocycles. The van der Waals surface area contributed by atoms with Crippen LogP contribution in [0.25, 0.3) is 0 Å². The van der Waals surface area contributed by atoms with Gasteiger partial charge < -0.3 is 25.4 Å². The molecule has 0 heterocycles. The molecule has 7 nitrogen and oxygen atoms in total. The Labute approximate surface area is 152 Å². The molecule has 0 radical (unpaired) electrons. The summed E-state index contributed by atoms with van der Waals surface area (Å²) in [7, 11) is 1.57. The summed E-state index contributed by atoms with van der Waals surface area (Å²) in [6, 6.07) is 16.4. The van der Waals surface area contributed by atoms with Gasteiger partial charge in [0.2, 0.25) is 5.91 Å². The van der Waals surface area contributed by atoms with E-state index in [4.69, 9.17) is 9.47 Å². The lowest BCUT2D eigenvalue weighted by atomic mass is 10.2. The van der Waals surface area contributed by atoms with Crippen LogP contribution in [0.5, 0.6) is 11.5 Å². The molecule has 0 spiro atoms. The van der Waals surface area contributed by atoms with Crippen LogP contribution in [0.1, 0.15) is 5.56 Å². The number of carbonyl (C=O) groups is 2. The standard InChI is InChI=1S/C19H23N3O4/c1-25-16-9-5-6-10-17(16)26-12-11-20-18(23)14-22-19(24)21-13-15-7-3-2-4-8-15/h2-10H,11-14H2,1H3,(H,20,23)(H2,21,22,24). The van der Waals surface area contributed by atoms with Crippen LogP contribution in [0.4, 0.5) is 4.79 Å². The van der Waals surface area contributed by atoms with Gasteiger partial charge in [0.25, 0.3) is 0 Å². The van der Waals surface area contributed by atoms with Crippen LogP contribution in [0, 0.1) is 0 Å². The Morgan fingerprint density at radius 3 is 2.31 bits per heavy atom. The minimum atomic E-state index is -0.394. The first-order valence-corrected chi connectivity index (χ1v) is 8.27. The SMILES string of the molecule is COc1ccccc1OCCNC(=O)CNC(=O)NCc1ccccc1. The zero-order valence-corrected chi connectivity index (χ0v) is 14.7. The zero-order chi connectivity index (χ0) is 18.6. The summed E-state index contributed by atoms with van der Waals surface area (Å²) in [6.07, 6.45) is 0. The lowest BCUT2D eigenvalue weighted by Gasteiger charge is -2.11. The second-order valence-electron chi connectivity index (χ2n) is 5.37. The van der Waals surface area contributed by atoms with Crippen LogP contribution in [0.2, 0.25) is 0 Å². The molecule has 0 fully saturated rings. The second-order valence-corrected chi connectivity index (χ2v) is 5.37. The van der Waals surface area contributed by atoms with Gasteiger partial charge in [-0.15, -0.1) is 0 Å². The van der Waals surface area contributed by atoms with E-state index in [1.54, 1.807) is 19.2 Å². The maximum absolute atomic E-state index is 11.7. The number of rotatable bonds is 9. The summed E-state index contributed by atoms with van der Waals surface area (Å²) in [5, 5.41) is 7.87. The van der Waals surface area contributed by atoms with Gasteiger partial charge >= 0.3 is 6.03 Å². The molecule has 138 valence electrons. The minimum Gasteiger partial charge on any atom is -0.493 e. The molecule has 0 saturated heterocycles. The Morgan fingerprint density at radius 1 is 0.885 bits per heavy atom. The van der Waals surface area contributed by atoms with Crippen molar-refractivity contribution in [1.82, 2.24) is 16.0 Å². The average molecular weight is 357 g/mol.